The Morgan fingerprint density at radius 3 is 2.26 bits per heavy atom. The maximum Gasteiger partial charge on any atom is 0.310 e. The highest BCUT2D eigenvalue weighted by molar-refractivity contribution is 6.30. The highest BCUT2D eigenvalue weighted by atomic mass is 35.5. The molecule has 19 heavy (non-hydrogen) atoms. The Kier molecular flexibility index (Phi) is 3.57. The third kappa shape index (κ3) is 2.77. The predicted octanol–water partition coefficient (Wildman–Crippen LogP) is 3.72. The molecule has 0 radical (unpaired) electrons. The summed E-state index contributed by atoms with van der Waals surface area (Å²) >= 11 is 5.81. The molecule has 0 aliphatic heterocycles. The van der Waals surface area contributed by atoms with Crippen molar-refractivity contribution in [2.24, 2.45) is 0 Å². The molecule has 0 bridgehead atoms. The van der Waals surface area contributed by atoms with Gasteiger partial charge in [-0.1, -0.05) is 11.6 Å². The first-order valence-corrected chi connectivity index (χ1v) is 5.83. The fourth-order valence-corrected chi connectivity index (χ4v) is 1.81. The first kappa shape index (κ1) is 13.2. The lowest BCUT2D eigenvalue weighted by Gasteiger charge is -2.19. The number of anilines is 2. The molecule has 0 unspecified atom stereocenters. The van der Waals surface area contributed by atoms with Gasteiger partial charge in [0.05, 0.1) is 4.92 Å². The number of aromatic hydroxyl groups is 1. The van der Waals surface area contributed by atoms with Gasteiger partial charge in [0.1, 0.15) is 0 Å². The third-order valence-electron chi connectivity index (χ3n) is 2.76. The summed E-state index contributed by atoms with van der Waals surface area (Å²) in [6, 6.07) is 11.3. The molecule has 0 aliphatic rings. The van der Waals surface area contributed by atoms with E-state index >= 15 is 0 Å². The number of nitrogens with zero attached hydrogens (tertiary/aromatic N) is 2. The standard InChI is InChI=1S/C13H11ClN2O3/c1-15(10-4-2-9(14)3-5-10)11-6-7-12(16(18)19)13(17)8-11/h2-8,17H,1H3. The summed E-state index contributed by atoms with van der Waals surface area (Å²) in [6.07, 6.45) is 0. The normalized spacial score (nSPS) is 10.2. The van der Waals surface area contributed by atoms with Crippen LogP contribution in [0.15, 0.2) is 42.5 Å². The van der Waals surface area contributed by atoms with E-state index in [4.69, 9.17) is 11.6 Å². The smallest absolute Gasteiger partial charge is 0.310 e. The van der Waals surface area contributed by atoms with E-state index in [1.165, 1.54) is 12.1 Å². The number of phenols is 1. The van der Waals surface area contributed by atoms with E-state index in [9.17, 15) is 15.2 Å². The molecule has 0 fully saturated rings. The zero-order valence-electron chi connectivity index (χ0n) is 10.1. The Hall–Kier alpha value is -2.27. The highest BCUT2D eigenvalue weighted by Crippen LogP contribution is 2.32. The average molecular weight is 279 g/mol. The quantitative estimate of drug-likeness (QED) is 0.686. The van der Waals surface area contributed by atoms with E-state index < -0.39 is 4.92 Å². The second-order valence-electron chi connectivity index (χ2n) is 3.97. The minimum atomic E-state index is -0.624. The van der Waals surface area contributed by atoms with Gasteiger partial charge in [0.2, 0.25) is 0 Å². The molecule has 2 aromatic carbocycles. The van der Waals surface area contributed by atoms with Gasteiger partial charge in [-0.15, -0.1) is 0 Å². The summed E-state index contributed by atoms with van der Waals surface area (Å²) in [4.78, 5) is 11.8. The summed E-state index contributed by atoms with van der Waals surface area (Å²) in [6.45, 7) is 0. The monoisotopic (exact) mass is 278 g/mol. The van der Waals surface area contributed by atoms with Gasteiger partial charge in [-0.3, -0.25) is 10.1 Å². The predicted molar refractivity (Wildman–Crippen MR) is 74.3 cm³/mol. The summed E-state index contributed by atoms with van der Waals surface area (Å²) in [5.74, 6) is -0.358. The van der Waals surface area contributed by atoms with E-state index in [0.717, 1.165) is 5.69 Å². The first-order chi connectivity index (χ1) is 8.99. The van der Waals surface area contributed by atoms with Crippen LogP contribution in [0.25, 0.3) is 0 Å². The molecule has 0 aromatic heterocycles. The van der Waals surface area contributed by atoms with Gasteiger partial charge >= 0.3 is 5.69 Å². The number of hydrogen-bond acceptors (Lipinski definition) is 4. The van der Waals surface area contributed by atoms with Crippen molar-refractivity contribution in [1.82, 2.24) is 0 Å². The number of nitro groups is 1. The van der Waals surface area contributed by atoms with Crippen LogP contribution in [-0.2, 0) is 0 Å². The van der Waals surface area contributed by atoms with Gasteiger partial charge in [0.25, 0.3) is 0 Å². The lowest BCUT2D eigenvalue weighted by molar-refractivity contribution is -0.385. The lowest BCUT2D eigenvalue weighted by atomic mass is 10.2. The molecule has 0 saturated heterocycles. The fraction of sp³-hybridized carbons (Fsp3) is 0.0769. The van der Waals surface area contributed by atoms with Crippen molar-refractivity contribution >= 4 is 28.7 Å². The van der Waals surface area contributed by atoms with Crippen LogP contribution in [0.1, 0.15) is 0 Å². The summed E-state index contributed by atoms with van der Waals surface area (Å²) < 4.78 is 0. The van der Waals surface area contributed by atoms with Crippen LogP contribution >= 0.6 is 11.6 Å². The first-order valence-electron chi connectivity index (χ1n) is 5.46. The van der Waals surface area contributed by atoms with Crippen molar-refractivity contribution < 1.29 is 10.0 Å². The zero-order chi connectivity index (χ0) is 14.0. The Morgan fingerprint density at radius 1 is 1.16 bits per heavy atom. The Labute approximate surface area is 114 Å². The SMILES string of the molecule is CN(c1ccc(Cl)cc1)c1ccc([N+](=O)[O-])c(O)c1. The van der Waals surface area contributed by atoms with Gasteiger partial charge in [0.15, 0.2) is 5.75 Å². The molecule has 2 rings (SSSR count). The van der Waals surface area contributed by atoms with E-state index in [-0.39, 0.29) is 11.4 Å². The topological polar surface area (TPSA) is 66.6 Å². The van der Waals surface area contributed by atoms with Crippen LogP contribution < -0.4 is 4.90 Å². The van der Waals surface area contributed by atoms with E-state index in [1.54, 1.807) is 30.1 Å². The van der Waals surface area contributed by atoms with Gasteiger partial charge in [-0.25, -0.2) is 0 Å². The minimum absolute atomic E-state index is 0.312. The highest BCUT2D eigenvalue weighted by Gasteiger charge is 2.14. The molecule has 0 aliphatic carbocycles. The molecular weight excluding hydrogens is 268 g/mol. The van der Waals surface area contributed by atoms with Crippen LogP contribution in [0.5, 0.6) is 5.75 Å². The molecule has 1 N–H and O–H groups in total. The van der Waals surface area contributed by atoms with Crippen LogP contribution in [-0.4, -0.2) is 17.1 Å². The largest absolute Gasteiger partial charge is 0.502 e. The molecule has 98 valence electrons. The molecule has 0 saturated carbocycles. The molecule has 0 spiro atoms. The maximum atomic E-state index is 10.6. The molecule has 0 atom stereocenters. The van der Waals surface area contributed by atoms with Crippen molar-refractivity contribution in [2.45, 2.75) is 0 Å². The van der Waals surface area contributed by atoms with E-state index in [2.05, 4.69) is 0 Å². The molecule has 0 amide bonds. The number of phenolic OH excluding ortho intramolecular Hbond substituents is 1. The van der Waals surface area contributed by atoms with Gasteiger partial charge in [-0.2, -0.15) is 0 Å². The summed E-state index contributed by atoms with van der Waals surface area (Å²) in [5, 5.41) is 20.9. The molecule has 2 aromatic rings. The Morgan fingerprint density at radius 2 is 1.74 bits per heavy atom. The summed E-state index contributed by atoms with van der Waals surface area (Å²) in [5.41, 5.74) is 1.19. The van der Waals surface area contributed by atoms with Crippen LogP contribution in [0.4, 0.5) is 17.1 Å². The van der Waals surface area contributed by atoms with Crippen LogP contribution in [0, 0.1) is 10.1 Å². The molecule has 0 heterocycles. The number of benzene rings is 2. The number of nitro benzene ring substituents is 1. The third-order valence-corrected chi connectivity index (χ3v) is 3.01. The van der Waals surface area contributed by atoms with Gasteiger partial charge in [0, 0.05) is 35.6 Å². The molecular formula is C13H11ClN2O3. The summed E-state index contributed by atoms with van der Waals surface area (Å²) in [7, 11) is 1.80. The molecule has 5 nitrogen and oxygen atoms in total. The van der Waals surface area contributed by atoms with E-state index in [1.807, 2.05) is 12.1 Å². The Balaban J connectivity index is 2.34. The number of rotatable bonds is 3. The maximum absolute atomic E-state index is 10.6. The van der Waals surface area contributed by atoms with Crippen LogP contribution in [0.3, 0.4) is 0 Å². The van der Waals surface area contributed by atoms with Crippen molar-refractivity contribution in [1.29, 1.82) is 0 Å². The van der Waals surface area contributed by atoms with E-state index in [0.29, 0.717) is 10.7 Å². The van der Waals surface area contributed by atoms with Gasteiger partial charge in [-0.05, 0) is 30.3 Å². The van der Waals surface area contributed by atoms with Crippen molar-refractivity contribution in [3.63, 3.8) is 0 Å². The second-order valence-corrected chi connectivity index (χ2v) is 4.40. The lowest BCUT2D eigenvalue weighted by Crippen LogP contribution is -2.09. The van der Waals surface area contributed by atoms with Crippen molar-refractivity contribution in [2.75, 3.05) is 11.9 Å². The number of halogens is 1. The second kappa shape index (κ2) is 5.16. The average Bonchev–Trinajstić information content (AvgIpc) is 2.38. The zero-order valence-corrected chi connectivity index (χ0v) is 10.8. The van der Waals surface area contributed by atoms with Gasteiger partial charge < -0.3 is 10.0 Å². The van der Waals surface area contributed by atoms with Crippen LogP contribution in [0.2, 0.25) is 5.02 Å². The number of hydrogen-bond donors (Lipinski definition) is 1. The fourth-order valence-electron chi connectivity index (χ4n) is 1.69. The minimum Gasteiger partial charge on any atom is -0.502 e. The molecule has 6 heteroatoms. The van der Waals surface area contributed by atoms with Crippen molar-refractivity contribution in [3.8, 4) is 5.75 Å². The van der Waals surface area contributed by atoms with Crippen molar-refractivity contribution in [3.05, 3.63) is 57.6 Å². The Bertz CT molecular complexity index is 614.